The van der Waals surface area contributed by atoms with E-state index in [1.54, 1.807) is 7.11 Å². The van der Waals surface area contributed by atoms with Crippen LogP contribution < -0.4 is 4.74 Å². The number of aromatic nitrogens is 1. The fraction of sp³-hybridized carbons (Fsp3) is 0.286. The van der Waals surface area contributed by atoms with Crippen LogP contribution in [0.25, 0.3) is 10.9 Å². The van der Waals surface area contributed by atoms with Crippen LogP contribution in [0, 0.1) is 12.7 Å². The largest absolute Gasteiger partial charge is 0.497 e. The van der Waals surface area contributed by atoms with Crippen molar-refractivity contribution in [3.63, 3.8) is 0 Å². The number of hydrogen-bond acceptors (Lipinski definition) is 3. The summed E-state index contributed by atoms with van der Waals surface area (Å²) in [5.41, 5.74) is 4.88. The topological polar surface area (TPSA) is 51.5 Å². The Morgan fingerprint density at radius 3 is 2.40 bits per heavy atom. The van der Waals surface area contributed by atoms with Gasteiger partial charge in [0.2, 0.25) is 10.0 Å². The standard InChI is InChI=1S/C28H29FN2O3S/c1-20-28(22-14-16-30(17-15-22)35(32,33)25-12-10-23(29)11-13-25)26-8-3-4-9-27(26)31(20)19-21-6-5-7-24(18-21)34-2/h3-13,18,22H,14-17,19H2,1-2H3. The molecular weight excluding hydrogens is 463 g/mol. The maximum Gasteiger partial charge on any atom is 0.243 e. The van der Waals surface area contributed by atoms with Crippen LogP contribution >= 0.6 is 0 Å². The van der Waals surface area contributed by atoms with Crippen LogP contribution in [0.15, 0.2) is 77.7 Å². The van der Waals surface area contributed by atoms with Crippen molar-refractivity contribution in [3.05, 3.63) is 95.4 Å². The lowest BCUT2D eigenvalue weighted by molar-refractivity contribution is 0.319. The second kappa shape index (κ2) is 9.47. The summed E-state index contributed by atoms with van der Waals surface area (Å²) in [6.07, 6.45) is 1.49. The number of benzene rings is 3. The molecule has 1 saturated heterocycles. The fourth-order valence-corrected chi connectivity index (χ4v) is 6.74. The molecule has 1 fully saturated rings. The molecule has 4 aromatic rings. The summed E-state index contributed by atoms with van der Waals surface area (Å²) in [6, 6.07) is 21.6. The number of halogens is 1. The summed E-state index contributed by atoms with van der Waals surface area (Å²) in [5.74, 6) is 0.668. The number of para-hydroxylation sites is 1. The average Bonchev–Trinajstić information content (AvgIpc) is 3.15. The van der Waals surface area contributed by atoms with Gasteiger partial charge in [-0.15, -0.1) is 0 Å². The van der Waals surface area contributed by atoms with E-state index in [2.05, 4.69) is 47.9 Å². The Kier molecular flexibility index (Phi) is 6.38. The van der Waals surface area contributed by atoms with Gasteiger partial charge in [-0.25, -0.2) is 12.8 Å². The molecule has 0 atom stereocenters. The number of nitrogens with zero attached hydrogens (tertiary/aromatic N) is 2. The molecule has 35 heavy (non-hydrogen) atoms. The Hall–Kier alpha value is -3.16. The van der Waals surface area contributed by atoms with Crippen molar-refractivity contribution in [1.29, 1.82) is 0 Å². The van der Waals surface area contributed by atoms with Gasteiger partial charge < -0.3 is 9.30 Å². The summed E-state index contributed by atoms with van der Waals surface area (Å²) < 4.78 is 48.7. The van der Waals surface area contributed by atoms with Crippen LogP contribution in [-0.2, 0) is 16.6 Å². The SMILES string of the molecule is COc1cccc(Cn2c(C)c(C3CCN(S(=O)(=O)c4ccc(F)cc4)CC3)c3ccccc32)c1. The molecule has 0 unspecified atom stereocenters. The monoisotopic (exact) mass is 492 g/mol. The molecule has 1 aliphatic heterocycles. The highest BCUT2D eigenvalue weighted by Gasteiger charge is 2.32. The van der Waals surface area contributed by atoms with E-state index >= 15 is 0 Å². The van der Waals surface area contributed by atoms with E-state index in [1.165, 1.54) is 56.3 Å². The maximum atomic E-state index is 13.3. The van der Waals surface area contributed by atoms with E-state index in [0.29, 0.717) is 13.1 Å². The van der Waals surface area contributed by atoms with Crippen molar-refractivity contribution < 1.29 is 17.5 Å². The number of rotatable bonds is 6. The Labute approximate surface area is 205 Å². The molecule has 0 saturated carbocycles. The number of sulfonamides is 1. The zero-order chi connectivity index (χ0) is 24.6. The van der Waals surface area contributed by atoms with Crippen LogP contribution in [0.4, 0.5) is 4.39 Å². The highest BCUT2D eigenvalue weighted by Crippen LogP contribution is 2.38. The number of ether oxygens (including phenoxy) is 1. The first-order valence-electron chi connectivity index (χ1n) is 11.8. The Balaban J connectivity index is 1.42. The van der Waals surface area contributed by atoms with Crippen molar-refractivity contribution in [2.45, 2.75) is 37.1 Å². The minimum absolute atomic E-state index is 0.142. The lowest BCUT2D eigenvalue weighted by Gasteiger charge is -2.31. The molecule has 1 aliphatic rings. The second-order valence-electron chi connectivity index (χ2n) is 9.09. The highest BCUT2D eigenvalue weighted by molar-refractivity contribution is 7.89. The van der Waals surface area contributed by atoms with Gasteiger partial charge in [0.25, 0.3) is 0 Å². The summed E-state index contributed by atoms with van der Waals surface area (Å²) in [6.45, 7) is 3.79. The molecule has 0 radical (unpaired) electrons. The van der Waals surface area contributed by atoms with E-state index in [-0.39, 0.29) is 10.8 Å². The first-order valence-corrected chi connectivity index (χ1v) is 13.3. The molecule has 182 valence electrons. The first-order chi connectivity index (χ1) is 16.9. The van der Waals surface area contributed by atoms with Crippen molar-refractivity contribution in [2.75, 3.05) is 20.2 Å². The van der Waals surface area contributed by atoms with Crippen LogP contribution in [0.2, 0.25) is 0 Å². The molecule has 0 aliphatic carbocycles. The predicted molar refractivity (Wildman–Crippen MR) is 136 cm³/mol. The zero-order valence-electron chi connectivity index (χ0n) is 19.9. The third-order valence-corrected chi connectivity index (χ3v) is 8.98. The molecule has 7 heteroatoms. The normalized spacial score (nSPS) is 15.5. The van der Waals surface area contributed by atoms with Gasteiger partial charge in [0.1, 0.15) is 11.6 Å². The molecule has 5 nitrogen and oxygen atoms in total. The van der Waals surface area contributed by atoms with Crippen LogP contribution in [-0.4, -0.2) is 37.5 Å². The fourth-order valence-electron chi connectivity index (χ4n) is 5.27. The van der Waals surface area contributed by atoms with Crippen LogP contribution in [0.1, 0.15) is 35.6 Å². The first kappa shape index (κ1) is 23.6. The van der Waals surface area contributed by atoms with E-state index in [0.717, 1.165) is 25.1 Å². The van der Waals surface area contributed by atoms with Gasteiger partial charge in [0.05, 0.1) is 12.0 Å². The molecular formula is C28H29FN2O3S. The van der Waals surface area contributed by atoms with Gasteiger partial charge in [-0.05, 0) is 79.3 Å². The van der Waals surface area contributed by atoms with Gasteiger partial charge in [0.15, 0.2) is 0 Å². The van der Waals surface area contributed by atoms with Gasteiger partial charge in [-0.2, -0.15) is 4.31 Å². The zero-order valence-corrected chi connectivity index (χ0v) is 20.8. The van der Waals surface area contributed by atoms with E-state index in [1.807, 2.05) is 12.1 Å². The molecule has 5 rings (SSSR count). The molecule has 3 aromatic carbocycles. The number of fused-ring (bicyclic) bond motifs is 1. The second-order valence-corrected chi connectivity index (χ2v) is 11.0. The number of piperidine rings is 1. The van der Waals surface area contributed by atoms with Crippen molar-refractivity contribution in [2.24, 2.45) is 0 Å². The molecule has 0 amide bonds. The minimum Gasteiger partial charge on any atom is -0.497 e. The molecule has 0 bridgehead atoms. The summed E-state index contributed by atoms with van der Waals surface area (Å²) in [5, 5.41) is 1.23. The summed E-state index contributed by atoms with van der Waals surface area (Å²) >= 11 is 0. The lowest BCUT2D eigenvalue weighted by atomic mass is 9.88. The highest BCUT2D eigenvalue weighted by atomic mass is 32.2. The predicted octanol–water partition coefficient (Wildman–Crippen LogP) is 5.71. The maximum absolute atomic E-state index is 13.3. The Bertz CT molecular complexity index is 1450. The van der Waals surface area contributed by atoms with E-state index in [9.17, 15) is 12.8 Å². The Morgan fingerprint density at radius 2 is 1.69 bits per heavy atom. The molecule has 2 heterocycles. The van der Waals surface area contributed by atoms with Crippen molar-refractivity contribution >= 4 is 20.9 Å². The molecule has 1 aromatic heterocycles. The van der Waals surface area contributed by atoms with Gasteiger partial charge in [-0.1, -0.05) is 30.3 Å². The minimum atomic E-state index is -3.63. The molecule has 0 N–H and O–H groups in total. The Morgan fingerprint density at radius 1 is 0.971 bits per heavy atom. The quantitative estimate of drug-likeness (QED) is 0.346. The van der Waals surface area contributed by atoms with Gasteiger partial charge in [-0.3, -0.25) is 0 Å². The van der Waals surface area contributed by atoms with Crippen LogP contribution in [0.3, 0.4) is 0 Å². The number of methoxy groups -OCH3 is 1. The third-order valence-electron chi connectivity index (χ3n) is 7.07. The average molecular weight is 493 g/mol. The van der Waals surface area contributed by atoms with Crippen molar-refractivity contribution in [3.8, 4) is 5.75 Å². The van der Waals surface area contributed by atoms with Gasteiger partial charge >= 0.3 is 0 Å². The summed E-state index contributed by atoms with van der Waals surface area (Å²) in [7, 11) is -1.95. The molecule has 0 spiro atoms. The smallest absolute Gasteiger partial charge is 0.243 e. The summed E-state index contributed by atoms with van der Waals surface area (Å²) in [4.78, 5) is 0.142. The van der Waals surface area contributed by atoms with Gasteiger partial charge in [0, 0.05) is 36.2 Å². The van der Waals surface area contributed by atoms with Crippen LogP contribution in [0.5, 0.6) is 5.75 Å². The number of hydrogen-bond donors (Lipinski definition) is 0. The van der Waals surface area contributed by atoms with E-state index in [4.69, 9.17) is 4.74 Å². The van der Waals surface area contributed by atoms with E-state index < -0.39 is 15.8 Å². The third kappa shape index (κ3) is 4.46. The lowest BCUT2D eigenvalue weighted by Crippen LogP contribution is -2.38. The van der Waals surface area contributed by atoms with Crippen molar-refractivity contribution in [1.82, 2.24) is 8.87 Å².